The number of aryl methyl sites for hydroxylation is 2. The zero-order valence-electron chi connectivity index (χ0n) is 11.5. The predicted octanol–water partition coefficient (Wildman–Crippen LogP) is 0.423. The minimum Gasteiger partial charge on any atom is -0.354 e. The molecule has 0 spiro atoms. The fourth-order valence-electron chi connectivity index (χ4n) is 2.33. The maximum atomic E-state index is 12.0. The first kappa shape index (κ1) is 13.8. The minimum absolute atomic E-state index is 0.213. The highest BCUT2D eigenvalue weighted by molar-refractivity contribution is 5.93. The van der Waals surface area contributed by atoms with Crippen LogP contribution in [-0.4, -0.2) is 30.1 Å². The van der Waals surface area contributed by atoms with E-state index in [2.05, 4.69) is 10.6 Å². The Kier molecular flexibility index (Phi) is 4.37. The minimum atomic E-state index is -0.272. The van der Waals surface area contributed by atoms with E-state index in [-0.39, 0.29) is 16.9 Å². The van der Waals surface area contributed by atoms with Gasteiger partial charge in [-0.25, -0.2) is 0 Å². The molecule has 1 atom stereocenters. The van der Waals surface area contributed by atoms with Gasteiger partial charge in [0.2, 0.25) is 0 Å². The van der Waals surface area contributed by atoms with Crippen molar-refractivity contribution >= 4 is 5.91 Å². The van der Waals surface area contributed by atoms with Crippen molar-refractivity contribution in [2.24, 2.45) is 13.0 Å². The molecule has 19 heavy (non-hydrogen) atoms. The molecule has 0 aromatic carbocycles. The molecule has 1 aromatic rings. The Bertz CT molecular complexity index is 516. The average molecular weight is 263 g/mol. The van der Waals surface area contributed by atoms with Crippen molar-refractivity contribution in [3.63, 3.8) is 0 Å². The number of carbonyl (C=O) groups is 1. The van der Waals surface area contributed by atoms with E-state index in [0.717, 1.165) is 31.6 Å². The third-order valence-electron chi connectivity index (χ3n) is 3.68. The van der Waals surface area contributed by atoms with E-state index in [1.807, 2.05) is 14.0 Å². The van der Waals surface area contributed by atoms with Gasteiger partial charge in [-0.15, -0.1) is 0 Å². The summed E-state index contributed by atoms with van der Waals surface area (Å²) >= 11 is 0. The Hall–Kier alpha value is -1.62. The third-order valence-corrected chi connectivity index (χ3v) is 3.68. The molecule has 5 nitrogen and oxygen atoms in total. The van der Waals surface area contributed by atoms with Gasteiger partial charge in [0.15, 0.2) is 5.43 Å². The summed E-state index contributed by atoms with van der Waals surface area (Å²) in [7, 11) is 1.83. The highest BCUT2D eigenvalue weighted by atomic mass is 16.2. The van der Waals surface area contributed by atoms with Crippen LogP contribution in [0, 0.1) is 12.8 Å². The van der Waals surface area contributed by atoms with Gasteiger partial charge < -0.3 is 15.2 Å². The molecule has 1 unspecified atom stereocenters. The highest BCUT2D eigenvalue weighted by Crippen LogP contribution is 2.08. The number of pyridine rings is 1. The Morgan fingerprint density at radius 3 is 3.05 bits per heavy atom. The fourth-order valence-corrected chi connectivity index (χ4v) is 2.33. The van der Waals surface area contributed by atoms with Crippen LogP contribution in [0.25, 0.3) is 0 Å². The van der Waals surface area contributed by atoms with Gasteiger partial charge in [-0.3, -0.25) is 9.59 Å². The van der Waals surface area contributed by atoms with E-state index in [1.165, 1.54) is 6.07 Å². The van der Waals surface area contributed by atoms with Gasteiger partial charge in [0.25, 0.3) is 5.91 Å². The lowest BCUT2D eigenvalue weighted by Crippen LogP contribution is -2.39. The summed E-state index contributed by atoms with van der Waals surface area (Å²) in [6, 6.07) is 1.50. The number of hydrogen-bond donors (Lipinski definition) is 2. The number of piperidine rings is 1. The van der Waals surface area contributed by atoms with E-state index >= 15 is 0 Å². The molecule has 2 rings (SSSR count). The van der Waals surface area contributed by atoms with Crippen LogP contribution in [0.15, 0.2) is 17.1 Å². The van der Waals surface area contributed by atoms with Gasteiger partial charge in [0.05, 0.1) is 0 Å². The molecule has 1 aromatic heterocycles. The molecule has 0 radical (unpaired) electrons. The molecule has 0 bridgehead atoms. The molecule has 1 aliphatic rings. The molecular formula is C14H21N3O2. The summed E-state index contributed by atoms with van der Waals surface area (Å²) in [6.07, 6.45) is 3.87. The van der Waals surface area contributed by atoms with Gasteiger partial charge >= 0.3 is 0 Å². The first-order valence-corrected chi connectivity index (χ1v) is 6.74. The summed E-state index contributed by atoms with van der Waals surface area (Å²) in [5.41, 5.74) is 0.852. The maximum Gasteiger partial charge on any atom is 0.256 e. The van der Waals surface area contributed by atoms with Gasteiger partial charge in [-0.05, 0) is 38.8 Å². The van der Waals surface area contributed by atoms with Gasteiger partial charge in [-0.2, -0.15) is 0 Å². The van der Waals surface area contributed by atoms with Crippen molar-refractivity contribution in [1.29, 1.82) is 0 Å². The van der Waals surface area contributed by atoms with Crippen LogP contribution in [0.3, 0.4) is 0 Å². The lowest BCUT2D eigenvalue weighted by atomic mass is 10.00. The third kappa shape index (κ3) is 3.44. The first-order chi connectivity index (χ1) is 9.08. The van der Waals surface area contributed by atoms with E-state index in [1.54, 1.807) is 10.8 Å². The number of rotatable bonds is 3. The molecule has 1 aliphatic heterocycles. The number of nitrogens with one attached hydrogen (secondary N) is 2. The number of nitrogens with zero attached hydrogens (tertiary/aromatic N) is 1. The van der Waals surface area contributed by atoms with Crippen LogP contribution < -0.4 is 16.1 Å². The molecule has 2 N–H and O–H groups in total. The largest absolute Gasteiger partial charge is 0.354 e. The van der Waals surface area contributed by atoms with Gasteiger partial charge in [0, 0.05) is 31.5 Å². The molecule has 1 fully saturated rings. The number of carbonyl (C=O) groups excluding carboxylic acids is 1. The Labute approximate surface area is 113 Å². The number of amides is 1. The molecule has 0 aliphatic carbocycles. The SMILES string of the molecule is Cc1cc(=O)c(C(=O)NCC2CCCNC2)cn1C. The zero-order chi connectivity index (χ0) is 13.8. The van der Waals surface area contributed by atoms with Crippen LogP contribution in [0.5, 0.6) is 0 Å². The standard InChI is InChI=1S/C14H21N3O2/c1-10-6-13(18)12(9-17(10)2)14(19)16-8-11-4-3-5-15-7-11/h6,9,11,15H,3-5,7-8H2,1-2H3,(H,16,19). The molecular weight excluding hydrogens is 242 g/mol. The van der Waals surface area contributed by atoms with Gasteiger partial charge in [-0.1, -0.05) is 0 Å². The van der Waals surface area contributed by atoms with Crippen molar-refractivity contribution in [2.75, 3.05) is 19.6 Å². The van der Waals surface area contributed by atoms with Crippen molar-refractivity contribution in [3.05, 3.63) is 33.7 Å². The van der Waals surface area contributed by atoms with Crippen molar-refractivity contribution in [1.82, 2.24) is 15.2 Å². The van der Waals surface area contributed by atoms with Crippen molar-refractivity contribution in [2.45, 2.75) is 19.8 Å². The van der Waals surface area contributed by atoms with Gasteiger partial charge in [0.1, 0.15) is 5.56 Å². The predicted molar refractivity (Wildman–Crippen MR) is 74.3 cm³/mol. The summed E-state index contributed by atoms with van der Waals surface area (Å²) in [6.45, 7) is 4.47. The normalized spacial score (nSPS) is 19.2. The van der Waals surface area contributed by atoms with Crippen LogP contribution >= 0.6 is 0 Å². The van der Waals surface area contributed by atoms with Crippen LogP contribution in [0.1, 0.15) is 28.9 Å². The number of aromatic nitrogens is 1. The zero-order valence-corrected chi connectivity index (χ0v) is 11.5. The fraction of sp³-hybridized carbons (Fsp3) is 0.571. The van der Waals surface area contributed by atoms with E-state index < -0.39 is 0 Å². The Balaban J connectivity index is 1.99. The van der Waals surface area contributed by atoms with E-state index in [0.29, 0.717) is 12.5 Å². The van der Waals surface area contributed by atoms with E-state index in [4.69, 9.17) is 0 Å². The summed E-state index contributed by atoms with van der Waals surface area (Å²) < 4.78 is 1.79. The Morgan fingerprint density at radius 2 is 2.37 bits per heavy atom. The molecule has 5 heteroatoms. The maximum absolute atomic E-state index is 12.0. The number of hydrogen-bond acceptors (Lipinski definition) is 3. The lowest BCUT2D eigenvalue weighted by Gasteiger charge is -2.22. The molecule has 1 amide bonds. The second-order valence-corrected chi connectivity index (χ2v) is 5.23. The lowest BCUT2D eigenvalue weighted by molar-refractivity contribution is 0.0943. The monoisotopic (exact) mass is 263 g/mol. The molecule has 2 heterocycles. The quantitative estimate of drug-likeness (QED) is 0.831. The molecule has 1 saturated heterocycles. The molecule has 0 saturated carbocycles. The summed E-state index contributed by atoms with van der Waals surface area (Å²) in [5.74, 6) is 0.193. The van der Waals surface area contributed by atoms with Crippen LogP contribution in [0.2, 0.25) is 0 Å². The average Bonchev–Trinajstić information content (AvgIpc) is 2.41. The highest BCUT2D eigenvalue weighted by Gasteiger charge is 2.16. The smallest absolute Gasteiger partial charge is 0.256 e. The topological polar surface area (TPSA) is 63.1 Å². The van der Waals surface area contributed by atoms with Crippen LogP contribution in [-0.2, 0) is 7.05 Å². The first-order valence-electron chi connectivity index (χ1n) is 6.74. The van der Waals surface area contributed by atoms with Crippen molar-refractivity contribution in [3.8, 4) is 0 Å². The summed E-state index contributed by atoms with van der Waals surface area (Å²) in [5, 5.41) is 6.17. The van der Waals surface area contributed by atoms with E-state index in [9.17, 15) is 9.59 Å². The van der Waals surface area contributed by atoms with Crippen molar-refractivity contribution < 1.29 is 4.79 Å². The van der Waals surface area contributed by atoms with Crippen LogP contribution in [0.4, 0.5) is 0 Å². The molecule has 104 valence electrons. The Morgan fingerprint density at radius 1 is 1.58 bits per heavy atom. The second kappa shape index (κ2) is 6.02. The summed E-state index contributed by atoms with van der Waals surface area (Å²) in [4.78, 5) is 23.8. The second-order valence-electron chi connectivity index (χ2n) is 5.23.